The molecule has 0 aromatic heterocycles. The van der Waals surface area contributed by atoms with E-state index in [1.807, 2.05) is 19.1 Å². The van der Waals surface area contributed by atoms with Gasteiger partial charge in [-0.05, 0) is 24.6 Å². The number of aliphatic hydroxyl groups excluding tert-OH is 1. The molecule has 0 aliphatic rings. The van der Waals surface area contributed by atoms with Crippen LogP contribution < -0.4 is 10.5 Å². The van der Waals surface area contributed by atoms with Crippen LogP contribution in [0.15, 0.2) is 18.2 Å². The topological polar surface area (TPSA) is 55.5 Å². The van der Waals surface area contributed by atoms with Crippen LogP contribution in [-0.4, -0.2) is 23.6 Å². The molecule has 1 aromatic carbocycles. The highest BCUT2D eigenvalue weighted by molar-refractivity contribution is 7.99. The maximum atomic E-state index is 9.38. The number of hydrogen-bond acceptors (Lipinski definition) is 4. The summed E-state index contributed by atoms with van der Waals surface area (Å²) in [6.07, 6.45) is -0.298. The SMILES string of the molecule is COc1cc(N)cc(CSC(C)C(C)O)c1. The van der Waals surface area contributed by atoms with Crippen molar-refractivity contribution in [1.82, 2.24) is 0 Å². The molecule has 16 heavy (non-hydrogen) atoms. The fourth-order valence-corrected chi connectivity index (χ4v) is 2.15. The van der Waals surface area contributed by atoms with Gasteiger partial charge in [0.05, 0.1) is 13.2 Å². The van der Waals surface area contributed by atoms with Gasteiger partial charge >= 0.3 is 0 Å². The van der Waals surface area contributed by atoms with Crippen LogP contribution in [0, 0.1) is 0 Å². The molecule has 0 radical (unpaired) electrons. The summed E-state index contributed by atoms with van der Waals surface area (Å²) in [7, 11) is 1.63. The molecule has 0 fully saturated rings. The molecule has 0 aliphatic heterocycles. The number of nitrogen functional groups attached to an aromatic ring is 1. The first-order chi connectivity index (χ1) is 7.52. The molecular formula is C12H19NO2S. The number of methoxy groups -OCH3 is 1. The summed E-state index contributed by atoms with van der Waals surface area (Å²) in [6, 6.07) is 5.70. The van der Waals surface area contributed by atoms with E-state index in [1.165, 1.54) is 0 Å². The van der Waals surface area contributed by atoms with Crippen LogP contribution in [0.3, 0.4) is 0 Å². The summed E-state index contributed by atoms with van der Waals surface area (Å²) in [6.45, 7) is 3.82. The first-order valence-electron chi connectivity index (χ1n) is 5.26. The highest BCUT2D eigenvalue weighted by Gasteiger charge is 2.09. The van der Waals surface area contributed by atoms with Crippen molar-refractivity contribution in [2.75, 3.05) is 12.8 Å². The average Bonchev–Trinajstić information content (AvgIpc) is 2.24. The summed E-state index contributed by atoms with van der Waals surface area (Å²) >= 11 is 1.70. The lowest BCUT2D eigenvalue weighted by Gasteiger charge is -2.14. The number of aliphatic hydroxyl groups is 1. The second-order valence-corrected chi connectivity index (χ2v) is 5.24. The Bertz CT molecular complexity index is 342. The van der Waals surface area contributed by atoms with Crippen molar-refractivity contribution in [1.29, 1.82) is 0 Å². The number of rotatable bonds is 5. The normalized spacial score (nSPS) is 14.5. The fourth-order valence-electron chi connectivity index (χ4n) is 1.25. The lowest BCUT2D eigenvalue weighted by Crippen LogP contribution is -2.15. The van der Waals surface area contributed by atoms with Crippen molar-refractivity contribution < 1.29 is 9.84 Å². The summed E-state index contributed by atoms with van der Waals surface area (Å²) in [5.41, 5.74) is 7.59. The third kappa shape index (κ3) is 3.94. The van der Waals surface area contributed by atoms with Crippen LogP contribution in [0.25, 0.3) is 0 Å². The zero-order chi connectivity index (χ0) is 12.1. The molecule has 0 bridgehead atoms. The average molecular weight is 241 g/mol. The largest absolute Gasteiger partial charge is 0.497 e. The van der Waals surface area contributed by atoms with Gasteiger partial charge in [-0.2, -0.15) is 11.8 Å². The van der Waals surface area contributed by atoms with Crippen molar-refractivity contribution in [3.05, 3.63) is 23.8 Å². The Kier molecular flexibility index (Phi) is 4.96. The first-order valence-corrected chi connectivity index (χ1v) is 6.31. The minimum absolute atomic E-state index is 0.215. The molecule has 0 saturated carbocycles. The summed E-state index contributed by atoms with van der Waals surface area (Å²) in [5.74, 6) is 1.60. The Morgan fingerprint density at radius 2 is 2.06 bits per heavy atom. The molecule has 0 aliphatic carbocycles. The third-order valence-corrected chi connectivity index (χ3v) is 3.84. The van der Waals surface area contributed by atoms with Gasteiger partial charge in [-0.1, -0.05) is 6.92 Å². The third-order valence-electron chi connectivity index (χ3n) is 2.42. The zero-order valence-electron chi connectivity index (χ0n) is 9.93. The number of hydrogen-bond donors (Lipinski definition) is 2. The molecule has 3 N–H and O–H groups in total. The smallest absolute Gasteiger partial charge is 0.121 e. The van der Waals surface area contributed by atoms with E-state index in [4.69, 9.17) is 10.5 Å². The van der Waals surface area contributed by atoms with Crippen molar-refractivity contribution in [2.45, 2.75) is 31.0 Å². The highest BCUT2D eigenvalue weighted by atomic mass is 32.2. The Hall–Kier alpha value is -0.870. The standard InChI is InChI=1S/C12H19NO2S/c1-8(14)9(2)16-7-10-4-11(13)6-12(5-10)15-3/h4-6,8-9,14H,7,13H2,1-3H3. The number of thioether (sulfide) groups is 1. The quantitative estimate of drug-likeness (QED) is 0.777. The predicted octanol–water partition coefficient (Wildman–Crippen LogP) is 2.28. The maximum Gasteiger partial charge on any atom is 0.121 e. The predicted molar refractivity (Wildman–Crippen MR) is 69.8 cm³/mol. The molecule has 0 amide bonds. The highest BCUT2D eigenvalue weighted by Crippen LogP contribution is 2.25. The van der Waals surface area contributed by atoms with Crippen LogP contribution in [0.4, 0.5) is 5.69 Å². The van der Waals surface area contributed by atoms with E-state index in [-0.39, 0.29) is 11.4 Å². The van der Waals surface area contributed by atoms with Crippen LogP contribution in [0.2, 0.25) is 0 Å². The molecule has 3 nitrogen and oxygen atoms in total. The van der Waals surface area contributed by atoms with Gasteiger partial charge in [0.1, 0.15) is 5.75 Å². The Morgan fingerprint density at radius 1 is 1.38 bits per heavy atom. The Balaban J connectivity index is 2.63. The van der Waals surface area contributed by atoms with E-state index in [0.29, 0.717) is 5.69 Å². The van der Waals surface area contributed by atoms with Gasteiger partial charge in [-0.3, -0.25) is 0 Å². The van der Waals surface area contributed by atoms with Crippen LogP contribution in [0.5, 0.6) is 5.75 Å². The molecule has 4 heteroatoms. The van der Waals surface area contributed by atoms with Crippen molar-refractivity contribution in [3.8, 4) is 5.75 Å². The van der Waals surface area contributed by atoms with Gasteiger partial charge in [0.25, 0.3) is 0 Å². The van der Waals surface area contributed by atoms with Crippen LogP contribution >= 0.6 is 11.8 Å². The van der Waals surface area contributed by atoms with E-state index < -0.39 is 0 Å². The molecule has 0 spiro atoms. The summed E-state index contributed by atoms with van der Waals surface area (Å²) in [4.78, 5) is 0. The molecule has 2 atom stereocenters. The molecule has 0 saturated heterocycles. The number of ether oxygens (including phenoxy) is 1. The number of anilines is 1. The van der Waals surface area contributed by atoms with Crippen molar-refractivity contribution in [2.24, 2.45) is 0 Å². The lowest BCUT2D eigenvalue weighted by atomic mass is 10.2. The van der Waals surface area contributed by atoms with Crippen LogP contribution in [-0.2, 0) is 5.75 Å². The molecule has 90 valence electrons. The minimum atomic E-state index is -0.298. The van der Waals surface area contributed by atoms with Gasteiger partial charge < -0.3 is 15.6 Å². The van der Waals surface area contributed by atoms with Gasteiger partial charge in [0, 0.05) is 22.8 Å². The van der Waals surface area contributed by atoms with Gasteiger partial charge in [0.15, 0.2) is 0 Å². The van der Waals surface area contributed by atoms with E-state index in [2.05, 4.69) is 0 Å². The second kappa shape index (κ2) is 6.01. The molecule has 1 rings (SSSR count). The second-order valence-electron chi connectivity index (χ2n) is 3.87. The lowest BCUT2D eigenvalue weighted by molar-refractivity contribution is 0.196. The van der Waals surface area contributed by atoms with Gasteiger partial charge in [-0.15, -0.1) is 0 Å². The summed E-state index contributed by atoms with van der Waals surface area (Å²) < 4.78 is 5.15. The van der Waals surface area contributed by atoms with E-state index in [9.17, 15) is 5.11 Å². The Morgan fingerprint density at radius 3 is 2.62 bits per heavy atom. The first kappa shape index (κ1) is 13.2. The fraction of sp³-hybridized carbons (Fsp3) is 0.500. The zero-order valence-corrected chi connectivity index (χ0v) is 10.8. The molecular weight excluding hydrogens is 222 g/mol. The maximum absolute atomic E-state index is 9.38. The van der Waals surface area contributed by atoms with Crippen LogP contribution in [0.1, 0.15) is 19.4 Å². The Labute approximate surface area is 101 Å². The van der Waals surface area contributed by atoms with E-state index in [0.717, 1.165) is 17.1 Å². The molecule has 0 heterocycles. The van der Waals surface area contributed by atoms with Crippen molar-refractivity contribution >= 4 is 17.4 Å². The van der Waals surface area contributed by atoms with E-state index >= 15 is 0 Å². The monoisotopic (exact) mass is 241 g/mol. The van der Waals surface area contributed by atoms with Gasteiger partial charge in [-0.25, -0.2) is 0 Å². The summed E-state index contributed by atoms with van der Waals surface area (Å²) in [5, 5.41) is 9.60. The van der Waals surface area contributed by atoms with Gasteiger partial charge in [0.2, 0.25) is 0 Å². The minimum Gasteiger partial charge on any atom is -0.497 e. The van der Waals surface area contributed by atoms with Crippen molar-refractivity contribution in [3.63, 3.8) is 0 Å². The molecule has 1 aromatic rings. The van der Waals surface area contributed by atoms with E-state index in [1.54, 1.807) is 31.9 Å². The molecule has 2 unspecified atom stereocenters. The number of nitrogens with two attached hydrogens (primary N) is 1. The number of benzene rings is 1.